The SMILES string of the molecule is Cc1cc2c(c(Oc3ccccc3OCCn3ccc(=O)[nH]c3=O)c1)C=C(C#N)C2. The van der Waals surface area contributed by atoms with E-state index in [-0.39, 0.29) is 13.2 Å². The Labute approximate surface area is 172 Å². The van der Waals surface area contributed by atoms with E-state index in [1.807, 2.05) is 31.2 Å². The smallest absolute Gasteiger partial charge is 0.328 e. The first kappa shape index (κ1) is 19.3. The number of rotatable bonds is 6. The zero-order valence-corrected chi connectivity index (χ0v) is 16.3. The molecule has 150 valence electrons. The molecule has 0 unspecified atom stereocenters. The standard InChI is InChI=1S/C23H19N3O4/c1-15-10-17-12-16(14-24)13-18(17)21(11-15)30-20-5-3-2-4-19(20)29-9-8-26-7-6-22(27)25-23(26)28/h2-7,10-11,13H,8-9,12H2,1H3,(H,25,27,28). The maximum atomic E-state index is 11.8. The van der Waals surface area contributed by atoms with Gasteiger partial charge in [0.25, 0.3) is 5.56 Å². The monoisotopic (exact) mass is 401 g/mol. The van der Waals surface area contributed by atoms with Gasteiger partial charge in [-0.2, -0.15) is 5.26 Å². The van der Waals surface area contributed by atoms with Crippen LogP contribution in [0.5, 0.6) is 17.2 Å². The lowest BCUT2D eigenvalue weighted by Crippen LogP contribution is -2.30. The Bertz CT molecular complexity index is 1290. The van der Waals surface area contributed by atoms with E-state index in [4.69, 9.17) is 9.47 Å². The summed E-state index contributed by atoms with van der Waals surface area (Å²) in [6, 6.07) is 14.8. The van der Waals surface area contributed by atoms with Crippen LogP contribution in [0.1, 0.15) is 16.7 Å². The molecule has 0 saturated heterocycles. The van der Waals surface area contributed by atoms with E-state index in [0.717, 1.165) is 16.7 Å². The Morgan fingerprint density at radius 1 is 1.13 bits per heavy atom. The van der Waals surface area contributed by atoms with Crippen LogP contribution in [-0.4, -0.2) is 16.2 Å². The van der Waals surface area contributed by atoms with Gasteiger partial charge in [-0.05, 0) is 42.3 Å². The van der Waals surface area contributed by atoms with Gasteiger partial charge in [0.05, 0.1) is 12.6 Å². The number of aromatic nitrogens is 2. The Kier molecular flexibility index (Phi) is 5.22. The summed E-state index contributed by atoms with van der Waals surface area (Å²) < 4.78 is 13.4. The Morgan fingerprint density at radius 3 is 2.70 bits per heavy atom. The highest BCUT2D eigenvalue weighted by Gasteiger charge is 2.19. The highest BCUT2D eigenvalue weighted by molar-refractivity contribution is 5.73. The molecule has 1 heterocycles. The van der Waals surface area contributed by atoms with Crippen LogP contribution >= 0.6 is 0 Å². The molecule has 2 aromatic carbocycles. The zero-order valence-electron chi connectivity index (χ0n) is 16.3. The highest BCUT2D eigenvalue weighted by atomic mass is 16.5. The van der Waals surface area contributed by atoms with Crippen LogP contribution in [0.3, 0.4) is 0 Å². The molecule has 1 aromatic heterocycles. The summed E-state index contributed by atoms with van der Waals surface area (Å²) in [5.74, 6) is 1.74. The van der Waals surface area contributed by atoms with Crippen molar-refractivity contribution < 1.29 is 9.47 Å². The van der Waals surface area contributed by atoms with Crippen LogP contribution < -0.4 is 20.7 Å². The highest BCUT2D eigenvalue weighted by Crippen LogP contribution is 2.38. The maximum absolute atomic E-state index is 11.8. The fraction of sp³-hybridized carbons (Fsp3) is 0.174. The maximum Gasteiger partial charge on any atom is 0.328 e. The van der Waals surface area contributed by atoms with Crippen molar-refractivity contribution in [3.63, 3.8) is 0 Å². The van der Waals surface area contributed by atoms with Crippen molar-refractivity contribution in [2.75, 3.05) is 6.61 Å². The van der Waals surface area contributed by atoms with Crippen LogP contribution in [0.15, 0.2) is 63.8 Å². The van der Waals surface area contributed by atoms with Crippen molar-refractivity contribution >= 4 is 6.08 Å². The molecular formula is C23H19N3O4. The number of aromatic amines is 1. The third-order valence-corrected chi connectivity index (χ3v) is 4.77. The molecule has 4 rings (SSSR count). The van der Waals surface area contributed by atoms with E-state index in [9.17, 15) is 14.9 Å². The first-order valence-electron chi connectivity index (χ1n) is 9.47. The van der Waals surface area contributed by atoms with Crippen LogP contribution in [-0.2, 0) is 13.0 Å². The molecule has 7 nitrogen and oxygen atoms in total. The average molecular weight is 401 g/mol. The van der Waals surface area contributed by atoms with Gasteiger partial charge in [0.2, 0.25) is 0 Å². The molecule has 3 aromatic rings. The molecule has 0 atom stereocenters. The number of nitrogens with zero attached hydrogens (tertiary/aromatic N) is 2. The molecule has 0 saturated carbocycles. The van der Waals surface area contributed by atoms with Gasteiger partial charge < -0.3 is 9.47 Å². The number of nitriles is 1. The number of fused-ring (bicyclic) bond motifs is 1. The van der Waals surface area contributed by atoms with Gasteiger partial charge in [0.1, 0.15) is 12.4 Å². The lowest BCUT2D eigenvalue weighted by Gasteiger charge is -2.15. The van der Waals surface area contributed by atoms with Gasteiger partial charge in [0.15, 0.2) is 11.5 Å². The Balaban J connectivity index is 1.54. The van der Waals surface area contributed by atoms with Crippen molar-refractivity contribution in [2.24, 2.45) is 0 Å². The number of ether oxygens (including phenoxy) is 2. The van der Waals surface area contributed by atoms with E-state index in [0.29, 0.717) is 29.2 Å². The third-order valence-electron chi connectivity index (χ3n) is 4.77. The first-order valence-corrected chi connectivity index (χ1v) is 9.47. The van der Waals surface area contributed by atoms with E-state index in [1.54, 1.807) is 12.1 Å². The fourth-order valence-electron chi connectivity index (χ4n) is 3.38. The van der Waals surface area contributed by atoms with E-state index >= 15 is 0 Å². The number of hydrogen-bond acceptors (Lipinski definition) is 5. The topological polar surface area (TPSA) is 97.1 Å². The number of allylic oxidation sites excluding steroid dienone is 1. The van der Waals surface area contributed by atoms with Crippen LogP contribution in [0, 0.1) is 18.3 Å². The van der Waals surface area contributed by atoms with Gasteiger partial charge in [-0.15, -0.1) is 0 Å². The molecule has 30 heavy (non-hydrogen) atoms. The van der Waals surface area contributed by atoms with Crippen molar-refractivity contribution in [1.29, 1.82) is 5.26 Å². The quantitative estimate of drug-likeness (QED) is 0.684. The van der Waals surface area contributed by atoms with Gasteiger partial charge in [-0.1, -0.05) is 18.2 Å². The van der Waals surface area contributed by atoms with Gasteiger partial charge >= 0.3 is 5.69 Å². The molecule has 1 N–H and O–H groups in total. The summed E-state index contributed by atoms with van der Waals surface area (Å²) >= 11 is 0. The minimum atomic E-state index is -0.481. The number of nitrogens with one attached hydrogen (secondary N) is 1. The summed E-state index contributed by atoms with van der Waals surface area (Å²) in [5, 5.41) is 9.24. The molecule has 0 aliphatic heterocycles. The van der Waals surface area contributed by atoms with Gasteiger partial charge in [-0.25, -0.2) is 4.79 Å². The summed E-state index contributed by atoms with van der Waals surface area (Å²) in [4.78, 5) is 25.2. The van der Waals surface area contributed by atoms with Crippen molar-refractivity contribution in [2.45, 2.75) is 19.9 Å². The molecule has 0 radical (unpaired) electrons. The predicted molar refractivity (Wildman–Crippen MR) is 112 cm³/mol. The number of para-hydroxylation sites is 2. The van der Waals surface area contributed by atoms with E-state index in [1.165, 1.54) is 16.8 Å². The normalized spacial score (nSPS) is 12.1. The minimum Gasteiger partial charge on any atom is -0.488 e. The summed E-state index contributed by atoms with van der Waals surface area (Å²) in [5.41, 5.74) is 2.81. The van der Waals surface area contributed by atoms with Gasteiger partial charge in [0, 0.05) is 29.8 Å². The fourth-order valence-corrected chi connectivity index (χ4v) is 3.38. The largest absolute Gasteiger partial charge is 0.488 e. The minimum absolute atomic E-state index is 0.219. The Hall–Kier alpha value is -4.05. The molecule has 1 aliphatic rings. The molecule has 7 heteroatoms. The summed E-state index contributed by atoms with van der Waals surface area (Å²) in [6.45, 7) is 2.48. The summed E-state index contributed by atoms with van der Waals surface area (Å²) in [6.07, 6.45) is 3.90. The molecular weight excluding hydrogens is 382 g/mol. The molecule has 0 spiro atoms. The second kappa shape index (κ2) is 8.13. The third kappa shape index (κ3) is 4.03. The van der Waals surface area contributed by atoms with Crippen molar-refractivity contribution in [1.82, 2.24) is 9.55 Å². The zero-order chi connectivity index (χ0) is 21.1. The van der Waals surface area contributed by atoms with Crippen LogP contribution in [0.25, 0.3) is 6.08 Å². The lowest BCUT2D eigenvalue weighted by molar-refractivity contribution is 0.283. The van der Waals surface area contributed by atoms with E-state index < -0.39 is 11.2 Å². The van der Waals surface area contributed by atoms with Crippen LogP contribution in [0.4, 0.5) is 0 Å². The molecule has 0 bridgehead atoms. The number of H-pyrrole nitrogens is 1. The van der Waals surface area contributed by atoms with Gasteiger partial charge in [-0.3, -0.25) is 14.3 Å². The molecule has 0 amide bonds. The number of benzene rings is 2. The number of hydrogen-bond donors (Lipinski definition) is 1. The summed E-state index contributed by atoms with van der Waals surface area (Å²) in [7, 11) is 0. The van der Waals surface area contributed by atoms with Crippen LogP contribution in [0.2, 0.25) is 0 Å². The van der Waals surface area contributed by atoms with Crippen molar-refractivity contribution in [3.05, 3.63) is 91.8 Å². The molecule has 1 aliphatic carbocycles. The first-order chi connectivity index (χ1) is 14.5. The average Bonchev–Trinajstić information content (AvgIpc) is 3.14. The second-order valence-corrected chi connectivity index (χ2v) is 6.99. The second-order valence-electron chi connectivity index (χ2n) is 6.99. The van der Waals surface area contributed by atoms with Crippen molar-refractivity contribution in [3.8, 4) is 23.3 Å². The molecule has 0 fully saturated rings. The lowest BCUT2D eigenvalue weighted by atomic mass is 10.1. The Morgan fingerprint density at radius 2 is 1.93 bits per heavy atom. The number of aryl methyl sites for hydroxylation is 1. The van der Waals surface area contributed by atoms with E-state index in [2.05, 4.69) is 17.1 Å². The predicted octanol–water partition coefficient (Wildman–Crippen LogP) is 3.18.